The summed E-state index contributed by atoms with van der Waals surface area (Å²) in [6.07, 6.45) is 4.39. The Hall–Kier alpha value is -0.650. The van der Waals surface area contributed by atoms with Crippen LogP contribution in [0.3, 0.4) is 0 Å². The lowest BCUT2D eigenvalue weighted by atomic mass is 9.94. The zero-order valence-electron chi connectivity index (χ0n) is 10.7. The van der Waals surface area contributed by atoms with E-state index in [1.165, 1.54) is 0 Å². The average molecular weight is 246 g/mol. The van der Waals surface area contributed by atoms with Crippen molar-refractivity contribution in [3.05, 3.63) is 0 Å². The molecule has 1 atom stereocenters. The molecule has 0 bridgehead atoms. The minimum atomic E-state index is -0.540. The van der Waals surface area contributed by atoms with Gasteiger partial charge in [-0.1, -0.05) is 19.8 Å². The van der Waals surface area contributed by atoms with E-state index in [-0.39, 0.29) is 19.1 Å². The van der Waals surface area contributed by atoms with Crippen molar-refractivity contribution in [1.29, 1.82) is 0 Å². The number of hydrogen-bond acceptors (Lipinski definition) is 4. The van der Waals surface area contributed by atoms with E-state index in [2.05, 4.69) is 12.2 Å². The predicted molar refractivity (Wildman–Crippen MR) is 67.4 cm³/mol. The molecule has 0 heterocycles. The van der Waals surface area contributed by atoms with Crippen LogP contribution in [-0.2, 0) is 4.79 Å². The van der Waals surface area contributed by atoms with Crippen LogP contribution in [0.15, 0.2) is 0 Å². The standard InChI is InChI=1S/C12H26N2O3/c1-2-3-10(6-7-13)4-5-12(17)14-11(8-15)9-16/h10-11,15-16H,2-9,13H2,1H3,(H,14,17). The molecule has 0 aliphatic rings. The number of nitrogens with one attached hydrogen (secondary N) is 1. The molecule has 0 spiro atoms. The number of carbonyl (C=O) groups excluding carboxylic acids is 1. The Morgan fingerprint density at radius 3 is 2.35 bits per heavy atom. The molecular weight excluding hydrogens is 220 g/mol. The first-order valence-corrected chi connectivity index (χ1v) is 6.39. The van der Waals surface area contributed by atoms with E-state index in [1.54, 1.807) is 0 Å². The lowest BCUT2D eigenvalue weighted by Crippen LogP contribution is -2.40. The molecule has 0 aromatic heterocycles. The van der Waals surface area contributed by atoms with Crippen molar-refractivity contribution in [2.75, 3.05) is 19.8 Å². The van der Waals surface area contributed by atoms with Gasteiger partial charge in [-0.15, -0.1) is 0 Å². The second kappa shape index (κ2) is 10.5. The molecule has 102 valence electrons. The summed E-state index contributed by atoms with van der Waals surface area (Å²) < 4.78 is 0. The molecule has 5 nitrogen and oxygen atoms in total. The van der Waals surface area contributed by atoms with Gasteiger partial charge in [0.2, 0.25) is 5.91 Å². The highest BCUT2D eigenvalue weighted by Crippen LogP contribution is 2.16. The molecule has 5 heteroatoms. The molecule has 0 radical (unpaired) electrons. The first-order chi connectivity index (χ1) is 8.17. The molecule has 0 saturated heterocycles. The van der Waals surface area contributed by atoms with E-state index >= 15 is 0 Å². The normalized spacial score (nSPS) is 12.8. The third kappa shape index (κ3) is 8.12. The maximum absolute atomic E-state index is 11.5. The Kier molecular flexibility index (Phi) is 10.1. The van der Waals surface area contributed by atoms with Gasteiger partial charge in [0.1, 0.15) is 0 Å². The Bertz CT molecular complexity index is 190. The summed E-state index contributed by atoms with van der Waals surface area (Å²) in [5.41, 5.74) is 5.52. The van der Waals surface area contributed by atoms with Gasteiger partial charge >= 0.3 is 0 Å². The largest absolute Gasteiger partial charge is 0.394 e. The Balaban J connectivity index is 3.86. The highest BCUT2D eigenvalue weighted by atomic mass is 16.3. The Labute approximate surface area is 103 Å². The fourth-order valence-electron chi connectivity index (χ4n) is 1.86. The fraction of sp³-hybridized carbons (Fsp3) is 0.917. The van der Waals surface area contributed by atoms with E-state index in [0.717, 1.165) is 25.7 Å². The van der Waals surface area contributed by atoms with Crippen molar-refractivity contribution in [2.24, 2.45) is 11.7 Å². The van der Waals surface area contributed by atoms with Gasteiger partial charge in [-0.05, 0) is 25.3 Å². The highest BCUT2D eigenvalue weighted by molar-refractivity contribution is 5.76. The molecule has 0 aliphatic carbocycles. The van der Waals surface area contributed by atoms with E-state index < -0.39 is 6.04 Å². The van der Waals surface area contributed by atoms with Crippen LogP contribution in [0.5, 0.6) is 0 Å². The van der Waals surface area contributed by atoms with E-state index in [9.17, 15) is 4.79 Å². The number of hydrogen-bond donors (Lipinski definition) is 4. The Morgan fingerprint density at radius 1 is 1.24 bits per heavy atom. The molecule has 0 saturated carbocycles. The summed E-state index contributed by atoms with van der Waals surface area (Å²) >= 11 is 0. The van der Waals surface area contributed by atoms with Gasteiger partial charge in [0.05, 0.1) is 19.3 Å². The summed E-state index contributed by atoms with van der Waals surface area (Å²) in [6, 6.07) is -0.540. The number of rotatable bonds is 10. The van der Waals surface area contributed by atoms with Crippen LogP contribution in [0.25, 0.3) is 0 Å². The van der Waals surface area contributed by atoms with Gasteiger partial charge in [-0.2, -0.15) is 0 Å². The third-order valence-corrected chi connectivity index (χ3v) is 2.86. The van der Waals surface area contributed by atoms with Crippen molar-refractivity contribution in [3.8, 4) is 0 Å². The minimum Gasteiger partial charge on any atom is -0.394 e. The average Bonchev–Trinajstić information content (AvgIpc) is 2.33. The number of aliphatic hydroxyl groups is 2. The second-order valence-corrected chi connectivity index (χ2v) is 4.40. The molecule has 0 aliphatic heterocycles. The van der Waals surface area contributed by atoms with Crippen molar-refractivity contribution in [3.63, 3.8) is 0 Å². The SMILES string of the molecule is CCCC(CCN)CCC(=O)NC(CO)CO. The van der Waals surface area contributed by atoms with Crippen molar-refractivity contribution in [1.82, 2.24) is 5.32 Å². The number of carbonyl (C=O) groups is 1. The van der Waals surface area contributed by atoms with Crippen LogP contribution >= 0.6 is 0 Å². The first kappa shape index (κ1) is 16.4. The zero-order chi connectivity index (χ0) is 13.1. The second-order valence-electron chi connectivity index (χ2n) is 4.40. The molecule has 0 aromatic carbocycles. The summed E-state index contributed by atoms with van der Waals surface area (Å²) in [5.74, 6) is 0.383. The summed E-state index contributed by atoms with van der Waals surface area (Å²) in [7, 11) is 0. The fourth-order valence-corrected chi connectivity index (χ4v) is 1.86. The number of nitrogens with two attached hydrogens (primary N) is 1. The number of aliphatic hydroxyl groups excluding tert-OH is 2. The van der Waals surface area contributed by atoms with E-state index in [1.807, 2.05) is 0 Å². The van der Waals surface area contributed by atoms with Crippen molar-refractivity contribution >= 4 is 5.91 Å². The molecule has 5 N–H and O–H groups in total. The van der Waals surface area contributed by atoms with Gasteiger partial charge < -0.3 is 21.3 Å². The number of amides is 1. The maximum atomic E-state index is 11.5. The summed E-state index contributed by atoms with van der Waals surface area (Å²) in [6.45, 7) is 2.31. The predicted octanol–water partition coefficient (Wildman–Crippen LogP) is 0.00110. The van der Waals surface area contributed by atoms with Gasteiger partial charge in [0, 0.05) is 6.42 Å². The first-order valence-electron chi connectivity index (χ1n) is 6.39. The van der Waals surface area contributed by atoms with E-state index in [4.69, 9.17) is 15.9 Å². The quantitative estimate of drug-likeness (QED) is 0.436. The molecule has 1 amide bonds. The van der Waals surface area contributed by atoms with Crippen LogP contribution in [0, 0.1) is 5.92 Å². The zero-order valence-corrected chi connectivity index (χ0v) is 10.7. The summed E-state index contributed by atoms with van der Waals surface area (Å²) in [5, 5.41) is 20.2. The van der Waals surface area contributed by atoms with Crippen molar-refractivity contribution < 1.29 is 15.0 Å². The van der Waals surface area contributed by atoms with Gasteiger partial charge in [-0.25, -0.2) is 0 Å². The summed E-state index contributed by atoms with van der Waals surface area (Å²) in [4.78, 5) is 11.5. The van der Waals surface area contributed by atoms with Crippen LogP contribution in [0.1, 0.15) is 39.0 Å². The van der Waals surface area contributed by atoms with Crippen LogP contribution in [-0.4, -0.2) is 41.9 Å². The molecule has 1 unspecified atom stereocenters. The topological polar surface area (TPSA) is 95.6 Å². The molecular formula is C12H26N2O3. The minimum absolute atomic E-state index is 0.115. The van der Waals surface area contributed by atoms with Gasteiger partial charge in [0.25, 0.3) is 0 Å². The van der Waals surface area contributed by atoms with Gasteiger partial charge in [-0.3, -0.25) is 4.79 Å². The highest BCUT2D eigenvalue weighted by Gasteiger charge is 2.13. The molecule has 0 rings (SSSR count). The van der Waals surface area contributed by atoms with Crippen LogP contribution in [0.4, 0.5) is 0 Å². The van der Waals surface area contributed by atoms with Gasteiger partial charge in [0.15, 0.2) is 0 Å². The maximum Gasteiger partial charge on any atom is 0.220 e. The third-order valence-electron chi connectivity index (χ3n) is 2.86. The lowest BCUT2D eigenvalue weighted by molar-refractivity contribution is -0.122. The monoisotopic (exact) mass is 246 g/mol. The molecule has 0 aromatic rings. The smallest absolute Gasteiger partial charge is 0.220 e. The molecule has 17 heavy (non-hydrogen) atoms. The van der Waals surface area contributed by atoms with Crippen LogP contribution in [0.2, 0.25) is 0 Å². The van der Waals surface area contributed by atoms with Crippen LogP contribution < -0.4 is 11.1 Å². The van der Waals surface area contributed by atoms with Crippen molar-refractivity contribution in [2.45, 2.75) is 45.1 Å². The molecule has 0 fully saturated rings. The Morgan fingerprint density at radius 2 is 1.88 bits per heavy atom. The lowest BCUT2D eigenvalue weighted by Gasteiger charge is -2.17. The van der Waals surface area contributed by atoms with E-state index in [0.29, 0.717) is 18.9 Å².